The normalized spacial score (nSPS) is 12.5. The number of carbonyl (C=O) groups is 1. The van der Waals surface area contributed by atoms with E-state index in [1.54, 1.807) is 24.5 Å². The molecule has 1 amide bonds. The number of fused-ring (bicyclic) bond motifs is 1. The molecule has 0 saturated heterocycles. The Morgan fingerprint density at radius 2 is 1.79 bits per heavy atom. The van der Waals surface area contributed by atoms with Gasteiger partial charge in [-0.05, 0) is 66.8 Å². The first-order valence-electron chi connectivity index (χ1n) is 13.7. The van der Waals surface area contributed by atoms with E-state index in [2.05, 4.69) is 20.6 Å². The fourth-order valence-electron chi connectivity index (χ4n) is 4.39. The molecule has 4 rings (SSSR count). The summed E-state index contributed by atoms with van der Waals surface area (Å²) in [6, 6.07) is 14.4. The number of nitrogens with one attached hydrogen (secondary N) is 2. The third-order valence-corrected chi connectivity index (χ3v) is 9.27. The second kappa shape index (κ2) is 14.1. The zero-order valence-electron chi connectivity index (χ0n) is 24.2. The van der Waals surface area contributed by atoms with Gasteiger partial charge < -0.3 is 20.5 Å². The molecule has 0 aliphatic rings. The lowest BCUT2D eigenvalue weighted by Gasteiger charge is -2.26. The summed E-state index contributed by atoms with van der Waals surface area (Å²) in [5, 5.41) is 17.3. The summed E-state index contributed by atoms with van der Waals surface area (Å²) in [6.07, 6.45) is 2.34. The number of thiazole rings is 1. The van der Waals surface area contributed by atoms with Crippen molar-refractivity contribution in [2.24, 2.45) is 5.92 Å². The average Bonchev–Trinajstić information content (AvgIpc) is 3.37. The van der Waals surface area contributed by atoms with Gasteiger partial charge in [-0.25, -0.2) is 13.4 Å². The monoisotopic (exact) mass is 611 g/mol. The van der Waals surface area contributed by atoms with Crippen molar-refractivity contribution >= 4 is 42.6 Å². The number of benzene rings is 2. The number of amides is 1. The third-order valence-electron chi connectivity index (χ3n) is 6.47. The molecule has 4 aromatic rings. The fourth-order valence-corrected chi connectivity index (χ4v) is 7.04. The standard InChI is InChI=1S/C30H37N5O5S2/c1-20(2)17-35(18-24(36)16-32-28(37)19-40-29-21(3)6-5-7-22(29)4)42(38,39)25-8-9-26-27(14-25)41-30(34-26)33-15-23-10-12-31-13-11-23/h5-14,20,24,36H,15-19H2,1-4H3,(H,32,37)(H,33,34)/t24-/m0/s1. The van der Waals surface area contributed by atoms with Crippen molar-refractivity contribution in [3.8, 4) is 5.75 Å². The number of rotatable bonds is 14. The van der Waals surface area contributed by atoms with Crippen LogP contribution in [-0.4, -0.2) is 66.0 Å². The first kappa shape index (κ1) is 31.4. The van der Waals surface area contributed by atoms with Gasteiger partial charge in [0.05, 0.1) is 21.2 Å². The lowest BCUT2D eigenvalue weighted by molar-refractivity contribution is -0.123. The van der Waals surface area contributed by atoms with Gasteiger partial charge in [-0.1, -0.05) is 43.4 Å². The number of aliphatic hydroxyl groups excluding tert-OH is 1. The Labute approximate surface area is 250 Å². The molecule has 42 heavy (non-hydrogen) atoms. The van der Waals surface area contributed by atoms with Crippen molar-refractivity contribution in [2.75, 3.05) is 31.6 Å². The molecule has 0 spiro atoms. The van der Waals surface area contributed by atoms with Crippen LogP contribution in [-0.2, 0) is 21.4 Å². The number of aryl methyl sites for hydroxylation is 2. The average molecular weight is 612 g/mol. The van der Waals surface area contributed by atoms with Gasteiger partial charge in [0.25, 0.3) is 5.91 Å². The molecule has 10 nitrogen and oxygen atoms in total. The van der Waals surface area contributed by atoms with Crippen LogP contribution in [0.5, 0.6) is 5.75 Å². The highest BCUT2D eigenvalue weighted by Crippen LogP contribution is 2.30. The highest BCUT2D eigenvalue weighted by molar-refractivity contribution is 7.89. The summed E-state index contributed by atoms with van der Waals surface area (Å²) in [6.45, 7) is 7.92. The van der Waals surface area contributed by atoms with E-state index in [9.17, 15) is 18.3 Å². The van der Waals surface area contributed by atoms with Gasteiger partial charge >= 0.3 is 0 Å². The Hall–Kier alpha value is -3.58. The molecule has 0 aliphatic heterocycles. The number of para-hydroxylation sites is 1. The Morgan fingerprint density at radius 3 is 2.48 bits per heavy atom. The van der Waals surface area contributed by atoms with Crippen molar-refractivity contribution in [3.63, 3.8) is 0 Å². The van der Waals surface area contributed by atoms with E-state index in [1.807, 2.05) is 58.0 Å². The van der Waals surface area contributed by atoms with Gasteiger partial charge in [0.1, 0.15) is 5.75 Å². The summed E-state index contributed by atoms with van der Waals surface area (Å²) in [4.78, 5) is 21.1. The minimum Gasteiger partial charge on any atom is -0.483 e. The minimum absolute atomic E-state index is 0.0171. The predicted molar refractivity (Wildman–Crippen MR) is 165 cm³/mol. The Bertz CT molecular complexity index is 1590. The second-order valence-electron chi connectivity index (χ2n) is 10.5. The molecular formula is C30H37N5O5S2. The molecule has 0 radical (unpaired) electrons. The van der Waals surface area contributed by atoms with E-state index < -0.39 is 22.0 Å². The molecule has 0 saturated carbocycles. The van der Waals surface area contributed by atoms with Gasteiger partial charge in [-0.2, -0.15) is 4.31 Å². The van der Waals surface area contributed by atoms with E-state index >= 15 is 0 Å². The highest BCUT2D eigenvalue weighted by atomic mass is 32.2. The number of anilines is 1. The molecule has 3 N–H and O–H groups in total. The van der Waals surface area contributed by atoms with Crippen molar-refractivity contribution in [2.45, 2.75) is 45.2 Å². The molecule has 0 unspecified atom stereocenters. The molecule has 12 heteroatoms. The molecule has 2 aromatic carbocycles. The van der Waals surface area contributed by atoms with E-state index in [4.69, 9.17) is 4.74 Å². The number of aliphatic hydroxyl groups is 1. The Kier molecular flexibility index (Phi) is 10.5. The number of carbonyl (C=O) groups excluding carboxylic acids is 1. The summed E-state index contributed by atoms with van der Waals surface area (Å²) >= 11 is 1.37. The SMILES string of the molecule is Cc1cccc(C)c1OCC(=O)NC[C@H](O)CN(CC(C)C)S(=O)(=O)c1ccc2nc(NCc3ccncc3)sc2c1. The van der Waals surface area contributed by atoms with Crippen LogP contribution in [0.1, 0.15) is 30.5 Å². The van der Waals surface area contributed by atoms with Gasteiger partial charge in [-0.3, -0.25) is 9.78 Å². The summed E-state index contributed by atoms with van der Waals surface area (Å²) in [5.74, 6) is 0.263. The first-order chi connectivity index (χ1) is 20.0. The van der Waals surface area contributed by atoms with E-state index in [0.29, 0.717) is 22.9 Å². The predicted octanol–water partition coefficient (Wildman–Crippen LogP) is 4.12. The largest absolute Gasteiger partial charge is 0.483 e. The lowest BCUT2D eigenvalue weighted by Crippen LogP contribution is -2.44. The van der Waals surface area contributed by atoms with Crippen molar-refractivity contribution in [3.05, 3.63) is 77.6 Å². The number of nitrogens with zero attached hydrogens (tertiary/aromatic N) is 3. The topological polar surface area (TPSA) is 134 Å². The van der Waals surface area contributed by atoms with E-state index in [1.165, 1.54) is 21.7 Å². The maximum absolute atomic E-state index is 13.7. The molecule has 224 valence electrons. The quantitative estimate of drug-likeness (QED) is 0.194. The van der Waals surface area contributed by atoms with Crippen molar-refractivity contribution in [1.29, 1.82) is 0 Å². The lowest BCUT2D eigenvalue weighted by atomic mass is 10.1. The van der Waals surface area contributed by atoms with Crippen LogP contribution < -0.4 is 15.4 Å². The molecule has 0 fully saturated rings. The maximum Gasteiger partial charge on any atom is 0.258 e. The fraction of sp³-hybridized carbons (Fsp3) is 0.367. The number of hydrogen-bond donors (Lipinski definition) is 3. The molecule has 0 bridgehead atoms. The van der Waals surface area contributed by atoms with Crippen LogP contribution in [0.4, 0.5) is 5.13 Å². The van der Waals surface area contributed by atoms with Gasteiger partial charge in [-0.15, -0.1) is 0 Å². The number of sulfonamides is 1. The van der Waals surface area contributed by atoms with Crippen LogP contribution in [0, 0.1) is 19.8 Å². The molecule has 1 atom stereocenters. The number of hydrogen-bond acceptors (Lipinski definition) is 9. The van der Waals surface area contributed by atoms with Crippen LogP contribution in [0.25, 0.3) is 10.2 Å². The number of aromatic nitrogens is 2. The zero-order valence-corrected chi connectivity index (χ0v) is 25.8. The van der Waals surface area contributed by atoms with Crippen molar-refractivity contribution in [1.82, 2.24) is 19.6 Å². The van der Waals surface area contributed by atoms with Crippen LogP contribution in [0.15, 0.2) is 65.8 Å². The molecule has 0 aliphatic carbocycles. The Balaban J connectivity index is 1.39. The summed E-state index contributed by atoms with van der Waals surface area (Å²) in [7, 11) is -3.94. The van der Waals surface area contributed by atoms with Gasteiger partial charge in [0, 0.05) is 38.6 Å². The summed E-state index contributed by atoms with van der Waals surface area (Å²) in [5.41, 5.74) is 3.59. The van der Waals surface area contributed by atoms with Crippen molar-refractivity contribution < 1.29 is 23.1 Å². The van der Waals surface area contributed by atoms with Gasteiger partial charge in [0.15, 0.2) is 11.7 Å². The zero-order chi connectivity index (χ0) is 30.3. The number of pyridine rings is 1. The van der Waals surface area contributed by atoms with Gasteiger partial charge in [0.2, 0.25) is 10.0 Å². The Morgan fingerprint density at radius 1 is 1.07 bits per heavy atom. The maximum atomic E-state index is 13.7. The van der Waals surface area contributed by atoms with E-state index in [0.717, 1.165) is 21.4 Å². The molecular weight excluding hydrogens is 574 g/mol. The molecule has 2 heterocycles. The van der Waals surface area contributed by atoms with E-state index in [-0.39, 0.29) is 37.1 Å². The minimum atomic E-state index is -3.94. The smallest absolute Gasteiger partial charge is 0.258 e. The van der Waals surface area contributed by atoms with Crippen LogP contribution >= 0.6 is 11.3 Å². The molecule has 2 aromatic heterocycles. The summed E-state index contributed by atoms with van der Waals surface area (Å²) < 4.78 is 35.1. The number of ether oxygens (including phenoxy) is 1. The highest BCUT2D eigenvalue weighted by Gasteiger charge is 2.28. The first-order valence-corrected chi connectivity index (χ1v) is 16.0. The third kappa shape index (κ3) is 8.25. The second-order valence-corrected chi connectivity index (χ2v) is 13.5. The van der Waals surface area contributed by atoms with Crippen LogP contribution in [0.3, 0.4) is 0 Å². The van der Waals surface area contributed by atoms with Crippen LogP contribution in [0.2, 0.25) is 0 Å².